The third-order valence-corrected chi connectivity index (χ3v) is 3.91. The largest absolute Gasteiger partial charge is 0.269 e. The van der Waals surface area contributed by atoms with E-state index in [0.717, 1.165) is 15.6 Å². The molecule has 0 fully saturated rings. The topological polar surface area (TPSA) is 58.2 Å². The molecule has 0 saturated carbocycles. The third kappa shape index (κ3) is 5.23. The minimum absolute atomic E-state index is 0.403. The van der Waals surface area contributed by atoms with Crippen LogP contribution >= 0.6 is 27.5 Å². The molecule has 0 radical (unpaired) electrons. The summed E-state index contributed by atoms with van der Waals surface area (Å²) in [6, 6.07) is 12.2. The van der Waals surface area contributed by atoms with Crippen LogP contribution in [-0.2, 0) is 4.79 Å². The van der Waals surface area contributed by atoms with Crippen LogP contribution in [0.2, 0.25) is 5.02 Å². The minimum atomic E-state index is -0.431. The molecule has 0 heterocycles. The molecule has 2 aromatic carbocycles. The maximum atomic E-state index is 11.8. The second-order valence-corrected chi connectivity index (χ2v) is 6.10. The van der Waals surface area contributed by atoms with E-state index in [1.54, 1.807) is 30.3 Å². The smallest absolute Gasteiger partial charge is 0.268 e. The zero-order chi connectivity index (χ0) is 16.8. The summed E-state index contributed by atoms with van der Waals surface area (Å²) >= 11 is 9.18. The number of hydrazine groups is 1. The molecular weight excluding hydrogens is 380 g/mol. The van der Waals surface area contributed by atoms with Crippen LogP contribution in [0.25, 0.3) is 6.08 Å². The molecule has 2 aromatic rings. The van der Waals surface area contributed by atoms with E-state index in [1.807, 2.05) is 25.1 Å². The predicted octanol–water partition coefficient (Wildman–Crippen LogP) is 3.89. The zero-order valence-corrected chi connectivity index (χ0v) is 14.6. The highest BCUT2D eigenvalue weighted by Crippen LogP contribution is 2.19. The lowest BCUT2D eigenvalue weighted by Gasteiger charge is -2.05. The summed E-state index contributed by atoms with van der Waals surface area (Å²) < 4.78 is 0.895. The number of carbonyl (C=O) groups excluding carboxylic acids is 2. The lowest BCUT2D eigenvalue weighted by atomic mass is 10.1. The Morgan fingerprint density at radius 1 is 1.09 bits per heavy atom. The van der Waals surface area contributed by atoms with Gasteiger partial charge in [-0.1, -0.05) is 39.7 Å². The van der Waals surface area contributed by atoms with Gasteiger partial charge in [0.2, 0.25) is 0 Å². The number of amides is 2. The molecule has 0 aliphatic rings. The normalized spacial score (nSPS) is 10.6. The maximum Gasteiger partial charge on any atom is 0.269 e. The van der Waals surface area contributed by atoms with Gasteiger partial charge >= 0.3 is 0 Å². The first kappa shape index (κ1) is 17.2. The van der Waals surface area contributed by atoms with Gasteiger partial charge in [-0.15, -0.1) is 0 Å². The Morgan fingerprint density at radius 3 is 2.43 bits per heavy atom. The molecule has 23 heavy (non-hydrogen) atoms. The van der Waals surface area contributed by atoms with E-state index in [2.05, 4.69) is 26.8 Å². The van der Waals surface area contributed by atoms with Crippen molar-refractivity contribution in [3.8, 4) is 0 Å². The van der Waals surface area contributed by atoms with Gasteiger partial charge in [-0.25, -0.2) is 0 Å². The van der Waals surface area contributed by atoms with Crippen molar-refractivity contribution in [1.29, 1.82) is 0 Å². The van der Waals surface area contributed by atoms with Gasteiger partial charge in [-0.3, -0.25) is 20.4 Å². The Balaban J connectivity index is 1.90. The first-order valence-electron chi connectivity index (χ1n) is 6.76. The number of hydrogen-bond donors (Lipinski definition) is 2. The number of halogens is 2. The molecular formula is C17H14BrClN2O2. The van der Waals surface area contributed by atoms with Crippen molar-refractivity contribution in [2.45, 2.75) is 6.92 Å². The summed E-state index contributed by atoms with van der Waals surface area (Å²) in [6.45, 7) is 1.98. The van der Waals surface area contributed by atoms with Crippen LogP contribution in [0.1, 0.15) is 21.5 Å². The van der Waals surface area contributed by atoms with Crippen molar-refractivity contribution in [1.82, 2.24) is 10.9 Å². The van der Waals surface area contributed by atoms with E-state index in [9.17, 15) is 9.59 Å². The van der Waals surface area contributed by atoms with Gasteiger partial charge in [0.25, 0.3) is 11.8 Å². The monoisotopic (exact) mass is 392 g/mol. The van der Waals surface area contributed by atoms with Gasteiger partial charge in [0.15, 0.2) is 0 Å². The molecule has 0 saturated heterocycles. The van der Waals surface area contributed by atoms with Gasteiger partial charge in [-0.05, 0) is 54.5 Å². The second-order valence-electron chi connectivity index (χ2n) is 4.81. The standard InChI is InChI=1S/C17H14BrClN2O2/c1-11-2-3-12(15(18)10-11)6-9-16(22)20-21-17(23)13-4-7-14(19)8-5-13/h2-10H,1H3,(H,20,22)(H,21,23)/b9-6+. The molecule has 0 unspecified atom stereocenters. The fraction of sp³-hybridized carbons (Fsp3) is 0.0588. The molecule has 0 atom stereocenters. The van der Waals surface area contributed by atoms with Gasteiger partial charge in [0.05, 0.1) is 0 Å². The number of benzene rings is 2. The molecule has 2 amide bonds. The van der Waals surface area contributed by atoms with Crippen molar-refractivity contribution in [3.63, 3.8) is 0 Å². The summed E-state index contributed by atoms with van der Waals surface area (Å²) in [4.78, 5) is 23.6. The van der Waals surface area contributed by atoms with E-state index in [1.165, 1.54) is 6.08 Å². The van der Waals surface area contributed by atoms with Crippen LogP contribution < -0.4 is 10.9 Å². The van der Waals surface area contributed by atoms with Crippen molar-refractivity contribution in [3.05, 3.63) is 74.7 Å². The number of rotatable bonds is 3. The number of aryl methyl sites for hydroxylation is 1. The highest BCUT2D eigenvalue weighted by atomic mass is 79.9. The lowest BCUT2D eigenvalue weighted by molar-refractivity contribution is -0.117. The quantitative estimate of drug-likeness (QED) is 0.614. The van der Waals surface area contributed by atoms with Crippen molar-refractivity contribution in [2.75, 3.05) is 0 Å². The second kappa shape index (κ2) is 7.94. The number of carbonyl (C=O) groups is 2. The average molecular weight is 394 g/mol. The predicted molar refractivity (Wildman–Crippen MR) is 95.0 cm³/mol. The van der Waals surface area contributed by atoms with Crippen LogP contribution in [0.3, 0.4) is 0 Å². The zero-order valence-electron chi connectivity index (χ0n) is 12.3. The third-order valence-electron chi connectivity index (χ3n) is 2.98. The van der Waals surface area contributed by atoms with E-state index >= 15 is 0 Å². The van der Waals surface area contributed by atoms with Crippen LogP contribution in [0.15, 0.2) is 53.0 Å². The van der Waals surface area contributed by atoms with Gasteiger partial charge < -0.3 is 0 Å². The van der Waals surface area contributed by atoms with Crippen LogP contribution in [0.4, 0.5) is 0 Å². The molecule has 0 bridgehead atoms. The highest BCUT2D eigenvalue weighted by molar-refractivity contribution is 9.10. The fourth-order valence-electron chi connectivity index (χ4n) is 1.77. The summed E-state index contributed by atoms with van der Waals surface area (Å²) in [6.07, 6.45) is 3.00. The van der Waals surface area contributed by atoms with Crippen LogP contribution in [0.5, 0.6) is 0 Å². The van der Waals surface area contributed by atoms with Crippen molar-refractivity contribution >= 4 is 45.4 Å². The fourth-order valence-corrected chi connectivity index (χ4v) is 2.52. The summed E-state index contributed by atoms with van der Waals surface area (Å²) in [5.41, 5.74) is 7.05. The molecule has 4 nitrogen and oxygen atoms in total. The van der Waals surface area contributed by atoms with E-state index in [-0.39, 0.29) is 0 Å². The van der Waals surface area contributed by atoms with Gasteiger partial charge in [-0.2, -0.15) is 0 Å². The minimum Gasteiger partial charge on any atom is -0.268 e. The van der Waals surface area contributed by atoms with Gasteiger partial charge in [0, 0.05) is 21.1 Å². The van der Waals surface area contributed by atoms with E-state index < -0.39 is 11.8 Å². The molecule has 0 spiro atoms. The Morgan fingerprint density at radius 2 is 1.78 bits per heavy atom. The SMILES string of the molecule is Cc1ccc(/C=C/C(=O)NNC(=O)c2ccc(Cl)cc2)c(Br)c1. The average Bonchev–Trinajstić information content (AvgIpc) is 2.52. The molecule has 6 heteroatoms. The first-order chi connectivity index (χ1) is 11.0. The number of nitrogens with one attached hydrogen (secondary N) is 2. The number of hydrogen-bond acceptors (Lipinski definition) is 2. The van der Waals surface area contributed by atoms with Gasteiger partial charge in [0.1, 0.15) is 0 Å². The highest BCUT2D eigenvalue weighted by Gasteiger charge is 2.05. The van der Waals surface area contributed by atoms with Crippen LogP contribution in [-0.4, -0.2) is 11.8 Å². The van der Waals surface area contributed by atoms with E-state index in [0.29, 0.717) is 10.6 Å². The van der Waals surface area contributed by atoms with Crippen molar-refractivity contribution < 1.29 is 9.59 Å². The summed E-state index contributed by atoms with van der Waals surface area (Å²) in [7, 11) is 0. The Hall–Kier alpha value is -2.11. The Labute approximate surface area is 147 Å². The molecule has 2 rings (SSSR count). The molecule has 118 valence electrons. The Kier molecular flexibility index (Phi) is 5.96. The maximum absolute atomic E-state index is 11.8. The lowest BCUT2D eigenvalue weighted by Crippen LogP contribution is -2.40. The molecule has 0 aromatic heterocycles. The Bertz CT molecular complexity index is 758. The molecule has 0 aliphatic heterocycles. The molecule has 2 N–H and O–H groups in total. The van der Waals surface area contributed by atoms with Crippen LogP contribution in [0, 0.1) is 6.92 Å². The van der Waals surface area contributed by atoms with E-state index in [4.69, 9.17) is 11.6 Å². The summed E-state index contributed by atoms with van der Waals surface area (Å²) in [5.74, 6) is -0.847. The van der Waals surface area contributed by atoms with Crippen molar-refractivity contribution in [2.24, 2.45) is 0 Å². The molecule has 0 aliphatic carbocycles. The summed E-state index contributed by atoms with van der Waals surface area (Å²) in [5, 5.41) is 0.539. The first-order valence-corrected chi connectivity index (χ1v) is 7.93.